The molecule has 0 aromatic carbocycles. The predicted molar refractivity (Wildman–Crippen MR) is 40.2 cm³/mol. The lowest BCUT2D eigenvalue weighted by atomic mass is 10.5. The molecule has 0 aliphatic heterocycles. The second-order valence-electron chi connectivity index (χ2n) is 1.85. The summed E-state index contributed by atoms with van der Waals surface area (Å²) in [5, 5.41) is 0. The Balaban J connectivity index is 3.47. The van der Waals surface area contributed by atoms with E-state index in [0.717, 1.165) is 12.3 Å². The Morgan fingerprint density at radius 3 is 2.50 bits per heavy atom. The van der Waals surface area contributed by atoms with Crippen molar-refractivity contribution in [2.75, 3.05) is 0 Å². The largest absolute Gasteiger partial charge is 0.335 e. The highest BCUT2D eigenvalue weighted by molar-refractivity contribution is 9.10. The van der Waals surface area contributed by atoms with Gasteiger partial charge in [-0.3, -0.25) is 0 Å². The Labute approximate surface area is 75.8 Å². The van der Waals surface area contributed by atoms with Crippen LogP contribution >= 0.6 is 15.9 Å². The number of hydrogen-bond donors (Lipinski definition) is 0. The zero-order valence-electron chi connectivity index (χ0n) is 5.46. The Hall–Kier alpha value is -0.560. The molecular formula is C5H2BrF2NO2S. The summed E-state index contributed by atoms with van der Waals surface area (Å²) < 4.78 is 45.2. The molecule has 7 heteroatoms. The second kappa shape index (κ2) is 3.06. The molecule has 1 aromatic rings. The first-order valence-corrected chi connectivity index (χ1v) is 4.85. The number of pyridine rings is 1. The van der Waals surface area contributed by atoms with Crippen LogP contribution in [-0.2, 0) is 10.2 Å². The van der Waals surface area contributed by atoms with Gasteiger partial charge in [0, 0.05) is 6.20 Å². The van der Waals surface area contributed by atoms with Crippen molar-refractivity contribution in [3.8, 4) is 0 Å². The van der Waals surface area contributed by atoms with E-state index in [-0.39, 0.29) is 4.60 Å². The molecular weight excluding hydrogens is 256 g/mol. The van der Waals surface area contributed by atoms with Crippen LogP contribution in [0, 0.1) is 5.82 Å². The normalized spacial score (nSPS) is 11.6. The summed E-state index contributed by atoms with van der Waals surface area (Å²) in [5.41, 5.74) is 0. The van der Waals surface area contributed by atoms with Gasteiger partial charge in [-0.15, -0.1) is 3.89 Å². The van der Waals surface area contributed by atoms with Crippen LogP contribution < -0.4 is 0 Å². The highest BCUT2D eigenvalue weighted by atomic mass is 79.9. The maximum absolute atomic E-state index is 12.8. The summed E-state index contributed by atoms with van der Waals surface area (Å²) in [6.07, 6.45) is 0.986. The van der Waals surface area contributed by atoms with Crippen molar-refractivity contribution in [1.82, 2.24) is 4.98 Å². The van der Waals surface area contributed by atoms with Gasteiger partial charge in [0.25, 0.3) is 0 Å². The van der Waals surface area contributed by atoms with Gasteiger partial charge in [-0.25, -0.2) is 9.37 Å². The molecule has 3 nitrogen and oxygen atoms in total. The smallest absolute Gasteiger partial charge is 0.246 e. The molecule has 0 N–H and O–H groups in total. The fraction of sp³-hybridized carbons (Fsp3) is 0. The van der Waals surface area contributed by atoms with Crippen LogP contribution in [0.1, 0.15) is 0 Å². The molecule has 0 aliphatic carbocycles. The van der Waals surface area contributed by atoms with Gasteiger partial charge in [-0.1, -0.05) is 0 Å². The summed E-state index contributed by atoms with van der Waals surface area (Å²) in [7, 11) is -5.00. The summed E-state index contributed by atoms with van der Waals surface area (Å²) >= 11 is 2.62. The maximum atomic E-state index is 12.8. The first-order valence-electron chi connectivity index (χ1n) is 2.67. The molecule has 0 bridgehead atoms. The highest BCUT2D eigenvalue weighted by Gasteiger charge is 2.19. The van der Waals surface area contributed by atoms with Crippen LogP contribution in [0.4, 0.5) is 8.28 Å². The molecule has 1 heterocycles. The first-order chi connectivity index (χ1) is 5.43. The lowest BCUT2D eigenvalue weighted by Crippen LogP contribution is -1.98. The lowest BCUT2D eigenvalue weighted by molar-refractivity contribution is 0.529. The predicted octanol–water partition coefficient (Wildman–Crippen LogP) is 1.64. The van der Waals surface area contributed by atoms with E-state index in [1.807, 2.05) is 0 Å². The minimum Gasteiger partial charge on any atom is -0.246 e. The summed E-state index contributed by atoms with van der Waals surface area (Å²) in [4.78, 5) is 2.35. The SMILES string of the molecule is O=S(=O)(F)c1ccnc(Br)c1F. The van der Waals surface area contributed by atoms with Crippen molar-refractivity contribution in [3.63, 3.8) is 0 Å². The molecule has 0 unspecified atom stereocenters. The van der Waals surface area contributed by atoms with Crippen molar-refractivity contribution in [3.05, 3.63) is 22.7 Å². The number of nitrogens with zero attached hydrogens (tertiary/aromatic N) is 1. The number of rotatable bonds is 1. The highest BCUT2D eigenvalue weighted by Crippen LogP contribution is 2.21. The molecule has 0 saturated carbocycles. The van der Waals surface area contributed by atoms with Crippen LogP contribution in [0.5, 0.6) is 0 Å². The molecule has 0 spiro atoms. The molecule has 0 saturated heterocycles. The zero-order valence-corrected chi connectivity index (χ0v) is 7.86. The molecule has 66 valence electrons. The van der Waals surface area contributed by atoms with Gasteiger partial charge < -0.3 is 0 Å². The third-order valence-corrected chi connectivity index (χ3v) is 2.47. The lowest BCUT2D eigenvalue weighted by Gasteiger charge is -1.97. The summed E-state index contributed by atoms with van der Waals surface area (Å²) in [6.45, 7) is 0. The van der Waals surface area contributed by atoms with E-state index in [2.05, 4.69) is 20.9 Å². The zero-order chi connectivity index (χ0) is 9.35. The fourth-order valence-electron chi connectivity index (χ4n) is 0.590. The molecule has 0 radical (unpaired) electrons. The Kier molecular flexibility index (Phi) is 2.43. The topological polar surface area (TPSA) is 47.0 Å². The van der Waals surface area contributed by atoms with Gasteiger partial charge in [-0.2, -0.15) is 8.42 Å². The summed E-state index contributed by atoms with van der Waals surface area (Å²) in [6, 6.07) is 0.745. The van der Waals surface area contributed by atoms with Crippen molar-refractivity contribution in [2.45, 2.75) is 4.90 Å². The van der Waals surface area contributed by atoms with E-state index < -0.39 is 20.9 Å². The fourth-order valence-corrected chi connectivity index (χ4v) is 1.59. The number of hydrogen-bond acceptors (Lipinski definition) is 3. The van der Waals surface area contributed by atoms with Gasteiger partial charge in [0.05, 0.1) is 0 Å². The van der Waals surface area contributed by atoms with Crippen molar-refractivity contribution < 1.29 is 16.7 Å². The third kappa shape index (κ3) is 1.78. The van der Waals surface area contributed by atoms with E-state index in [1.54, 1.807) is 0 Å². The molecule has 0 aliphatic rings. The molecule has 12 heavy (non-hydrogen) atoms. The monoisotopic (exact) mass is 257 g/mol. The molecule has 1 rings (SSSR count). The number of aromatic nitrogens is 1. The average Bonchev–Trinajstić information content (AvgIpc) is 1.92. The molecule has 0 fully saturated rings. The van der Waals surface area contributed by atoms with Crippen LogP contribution in [0.25, 0.3) is 0 Å². The van der Waals surface area contributed by atoms with E-state index in [4.69, 9.17) is 0 Å². The van der Waals surface area contributed by atoms with Crippen LogP contribution in [0.2, 0.25) is 0 Å². The van der Waals surface area contributed by atoms with Gasteiger partial charge in [0.1, 0.15) is 9.50 Å². The van der Waals surface area contributed by atoms with Crippen LogP contribution in [0.3, 0.4) is 0 Å². The Bertz CT molecular complexity index is 406. The van der Waals surface area contributed by atoms with Crippen molar-refractivity contribution in [1.29, 1.82) is 0 Å². The van der Waals surface area contributed by atoms with Gasteiger partial charge in [0.15, 0.2) is 5.82 Å². The third-order valence-electron chi connectivity index (χ3n) is 1.07. The van der Waals surface area contributed by atoms with Crippen LogP contribution in [-0.4, -0.2) is 13.4 Å². The van der Waals surface area contributed by atoms with E-state index in [9.17, 15) is 16.7 Å². The average molecular weight is 258 g/mol. The van der Waals surface area contributed by atoms with Crippen LogP contribution in [0.15, 0.2) is 21.8 Å². The van der Waals surface area contributed by atoms with Gasteiger partial charge >= 0.3 is 10.2 Å². The standard InChI is InChI=1S/C5H2BrF2NO2S/c6-5-4(7)3(1-2-9-5)12(8,10)11/h1-2H. The van der Waals surface area contributed by atoms with E-state index in [1.165, 1.54) is 0 Å². The van der Waals surface area contributed by atoms with Crippen molar-refractivity contribution in [2.24, 2.45) is 0 Å². The van der Waals surface area contributed by atoms with Gasteiger partial charge in [0.2, 0.25) is 0 Å². The molecule has 0 atom stereocenters. The minimum atomic E-state index is -5.00. The van der Waals surface area contributed by atoms with Gasteiger partial charge in [-0.05, 0) is 22.0 Å². The Morgan fingerprint density at radius 1 is 1.50 bits per heavy atom. The first kappa shape index (κ1) is 9.53. The second-order valence-corrected chi connectivity index (χ2v) is 3.92. The van der Waals surface area contributed by atoms with E-state index >= 15 is 0 Å². The van der Waals surface area contributed by atoms with E-state index in [0.29, 0.717) is 0 Å². The molecule has 0 amide bonds. The summed E-state index contributed by atoms with van der Waals surface area (Å²) in [5.74, 6) is -1.22. The Morgan fingerprint density at radius 2 is 2.08 bits per heavy atom. The molecule has 1 aromatic heterocycles. The maximum Gasteiger partial charge on any atom is 0.335 e. The minimum absolute atomic E-state index is 0.332. The number of halogens is 3. The van der Waals surface area contributed by atoms with Crippen molar-refractivity contribution >= 4 is 26.2 Å². The quantitative estimate of drug-likeness (QED) is 0.568.